The summed E-state index contributed by atoms with van der Waals surface area (Å²) in [5.41, 5.74) is 2.36. The lowest BCUT2D eigenvalue weighted by Gasteiger charge is -2.34. The third-order valence-electron chi connectivity index (χ3n) is 5.70. The molecule has 0 saturated heterocycles. The third-order valence-corrected chi connectivity index (χ3v) is 7.94. The molecule has 11 heteroatoms. The van der Waals surface area contributed by atoms with Crippen LogP contribution < -0.4 is 4.67 Å². The summed E-state index contributed by atoms with van der Waals surface area (Å²) < 4.78 is 47.8. The number of carbonyl (C=O) groups excluding carboxylic acids is 2. The fourth-order valence-corrected chi connectivity index (χ4v) is 5.79. The lowest BCUT2D eigenvalue weighted by Crippen LogP contribution is -2.30. The van der Waals surface area contributed by atoms with E-state index in [1.165, 1.54) is 0 Å². The first kappa shape index (κ1) is 32.7. The van der Waals surface area contributed by atoms with Gasteiger partial charge in [-0.2, -0.15) is 0 Å². The van der Waals surface area contributed by atoms with E-state index in [1.807, 2.05) is 105 Å². The maximum absolute atomic E-state index is 14.1. The van der Waals surface area contributed by atoms with Gasteiger partial charge in [0.25, 0.3) is 0 Å². The number of carbonyl (C=O) groups is 2. The van der Waals surface area contributed by atoms with Gasteiger partial charge in [-0.15, -0.1) is 0 Å². The molecule has 0 aromatic heterocycles. The number of hydrogen-bond acceptors (Lipinski definition) is 9. The van der Waals surface area contributed by atoms with Gasteiger partial charge in [-0.1, -0.05) is 78.9 Å². The van der Waals surface area contributed by atoms with E-state index >= 15 is 0 Å². The molecule has 42 heavy (non-hydrogen) atoms. The van der Waals surface area contributed by atoms with Crippen LogP contribution in [-0.4, -0.2) is 44.8 Å². The maximum Gasteiger partial charge on any atom is 0.508 e. The van der Waals surface area contributed by atoms with Crippen molar-refractivity contribution in [1.82, 2.24) is 0 Å². The first-order valence-electron chi connectivity index (χ1n) is 13.8. The summed E-state index contributed by atoms with van der Waals surface area (Å²) in [6.45, 7) is 4.00. The summed E-state index contributed by atoms with van der Waals surface area (Å²) in [5, 5.41) is 0. The molecule has 3 rings (SSSR count). The highest BCUT2D eigenvalue weighted by Gasteiger charge is 2.36. The summed E-state index contributed by atoms with van der Waals surface area (Å²) in [7, 11) is -3.85. The van der Waals surface area contributed by atoms with E-state index in [-0.39, 0.29) is 58.5 Å². The lowest BCUT2D eigenvalue weighted by atomic mass is 10.2. The Morgan fingerprint density at radius 3 is 1.43 bits per heavy atom. The predicted octanol–water partition coefficient (Wildman–Crippen LogP) is 7.53. The fraction of sp³-hybridized carbons (Fsp3) is 0.355. The molecule has 0 bridgehead atoms. The second kappa shape index (κ2) is 17.9. The van der Waals surface area contributed by atoms with Crippen LogP contribution in [0, 0.1) is 0 Å². The van der Waals surface area contributed by atoms with Crippen LogP contribution in [0.5, 0.6) is 0 Å². The molecular formula is C31H38NO9P. The number of hydrogen-bond donors (Lipinski definition) is 0. The third kappa shape index (κ3) is 11.6. The van der Waals surface area contributed by atoms with Gasteiger partial charge in [-0.25, -0.2) is 14.2 Å². The van der Waals surface area contributed by atoms with Gasteiger partial charge in [0.1, 0.15) is 13.2 Å². The molecule has 0 fully saturated rings. The van der Waals surface area contributed by atoms with Crippen molar-refractivity contribution in [2.45, 2.75) is 45.9 Å². The van der Waals surface area contributed by atoms with Crippen LogP contribution in [0.1, 0.15) is 37.8 Å². The highest BCUT2D eigenvalue weighted by molar-refractivity contribution is 7.55. The second-order valence-electron chi connectivity index (χ2n) is 9.36. The Balaban J connectivity index is 1.46. The molecule has 0 radical (unpaired) electrons. The van der Waals surface area contributed by atoms with Crippen molar-refractivity contribution in [3.63, 3.8) is 0 Å². The monoisotopic (exact) mass is 599 g/mol. The van der Waals surface area contributed by atoms with E-state index in [0.29, 0.717) is 5.69 Å². The quantitative estimate of drug-likeness (QED) is 0.0877. The normalized spacial score (nSPS) is 11.1. The van der Waals surface area contributed by atoms with Crippen molar-refractivity contribution in [3.8, 4) is 0 Å². The first-order chi connectivity index (χ1) is 20.4. The minimum Gasteiger partial charge on any atom is -0.434 e. The minimum absolute atomic E-state index is 0.00160. The van der Waals surface area contributed by atoms with E-state index in [0.717, 1.165) is 11.1 Å². The second-order valence-corrected chi connectivity index (χ2v) is 11.2. The number of benzene rings is 3. The van der Waals surface area contributed by atoms with Crippen LogP contribution >= 0.6 is 7.75 Å². The van der Waals surface area contributed by atoms with Crippen LogP contribution in [0.2, 0.25) is 0 Å². The Morgan fingerprint density at radius 2 is 1.02 bits per heavy atom. The molecule has 226 valence electrons. The van der Waals surface area contributed by atoms with Crippen molar-refractivity contribution < 1.29 is 42.1 Å². The van der Waals surface area contributed by atoms with Gasteiger partial charge in [0.2, 0.25) is 0 Å². The van der Waals surface area contributed by atoms with E-state index in [9.17, 15) is 14.2 Å². The number of rotatable bonds is 17. The number of anilines is 1. The van der Waals surface area contributed by atoms with Gasteiger partial charge in [0.15, 0.2) is 0 Å². The van der Waals surface area contributed by atoms with E-state index in [1.54, 1.807) is 4.67 Å². The Kier molecular flexibility index (Phi) is 13.9. The lowest BCUT2D eigenvalue weighted by molar-refractivity contribution is 0.0455. The smallest absolute Gasteiger partial charge is 0.434 e. The molecule has 0 aliphatic heterocycles. The van der Waals surface area contributed by atoms with Gasteiger partial charge in [-0.3, -0.25) is 13.7 Å². The Labute approximate surface area is 247 Å². The molecular weight excluding hydrogens is 561 g/mol. The SMILES string of the molecule is CC(C)N(c1ccccc1)P(=O)(OCCCOC(=O)OCc1ccccc1)OCCCOC(=O)OCc1ccccc1. The summed E-state index contributed by atoms with van der Waals surface area (Å²) in [6, 6.07) is 27.5. The number of para-hydroxylation sites is 1. The van der Waals surface area contributed by atoms with Gasteiger partial charge < -0.3 is 18.9 Å². The van der Waals surface area contributed by atoms with Crippen LogP contribution in [-0.2, 0) is 45.8 Å². The van der Waals surface area contributed by atoms with Crippen LogP contribution in [0.3, 0.4) is 0 Å². The summed E-state index contributed by atoms with van der Waals surface area (Å²) in [4.78, 5) is 23.8. The fourth-order valence-electron chi connectivity index (χ4n) is 3.77. The molecule has 3 aromatic rings. The zero-order valence-corrected chi connectivity index (χ0v) is 24.9. The molecule has 0 atom stereocenters. The zero-order chi connectivity index (χ0) is 30.0. The minimum atomic E-state index is -3.85. The van der Waals surface area contributed by atoms with Crippen molar-refractivity contribution in [2.75, 3.05) is 31.1 Å². The molecule has 3 aromatic carbocycles. The Bertz CT molecular complexity index is 1170. The molecule has 0 spiro atoms. The average Bonchev–Trinajstić information content (AvgIpc) is 3.00. The largest absolute Gasteiger partial charge is 0.508 e. The summed E-state index contributed by atoms with van der Waals surface area (Å²) in [5.74, 6) is 0. The van der Waals surface area contributed by atoms with Crippen LogP contribution in [0.25, 0.3) is 0 Å². The summed E-state index contributed by atoms with van der Waals surface area (Å²) >= 11 is 0. The van der Waals surface area contributed by atoms with Crippen molar-refractivity contribution in [3.05, 3.63) is 102 Å². The highest BCUT2D eigenvalue weighted by Crippen LogP contribution is 2.55. The standard InChI is InChI=1S/C31H38NO9P/c1-26(2)32(29-18-10-5-11-19-29)42(35,40-22-12-20-36-30(33)38-24-27-14-6-3-7-15-27)41-23-13-21-37-31(34)39-25-28-16-8-4-9-17-28/h3-11,14-19,26H,12-13,20-25H2,1-2H3. The zero-order valence-electron chi connectivity index (χ0n) is 24.0. The van der Waals surface area contributed by atoms with E-state index < -0.39 is 20.1 Å². The molecule has 0 N–H and O–H groups in total. The van der Waals surface area contributed by atoms with E-state index in [4.69, 9.17) is 28.0 Å². The molecule has 0 saturated carbocycles. The molecule has 0 aliphatic rings. The first-order valence-corrected chi connectivity index (χ1v) is 15.3. The van der Waals surface area contributed by atoms with E-state index in [2.05, 4.69) is 0 Å². The molecule has 0 amide bonds. The van der Waals surface area contributed by atoms with Crippen LogP contribution in [0.4, 0.5) is 15.3 Å². The Hall–Kier alpha value is -3.85. The average molecular weight is 600 g/mol. The molecule has 0 heterocycles. The highest BCUT2D eigenvalue weighted by atomic mass is 31.2. The van der Waals surface area contributed by atoms with Gasteiger partial charge in [-0.05, 0) is 37.1 Å². The van der Waals surface area contributed by atoms with Gasteiger partial charge in [0, 0.05) is 24.6 Å². The molecule has 10 nitrogen and oxygen atoms in total. The van der Waals surface area contributed by atoms with Crippen LogP contribution in [0.15, 0.2) is 91.0 Å². The van der Waals surface area contributed by atoms with Crippen molar-refractivity contribution >= 4 is 25.7 Å². The predicted molar refractivity (Wildman–Crippen MR) is 158 cm³/mol. The Morgan fingerprint density at radius 1 is 0.619 bits per heavy atom. The van der Waals surface area contributed by atoms with Gasteiger partial charge >= 0.3 is 20.1 Å². The molecule has 0 unspecified atom stereocenters. The maximum atomic E-state index is 14.1. The number of ether oxygens (including phenoxy) is 4. The van der Waals surface area contributed by atoms with Gasteiger partial charge in [0.05, 0.1) is 26.4 Å². The molecule has 0 aliphatic carbocycles. The number of nitrogens with zero attached hydrogens (tertiary/aromatic N) is 1. The summed E-state index contributed by atoms with van der Waals surface area (Å²) in [6.07, 6.45) is -1.06. The van der Waals surface area contributed by atoms with Crippen molar-refractivity contribution in [1.29, 1.82) is 0 Å². The topological polar surface area (TPSA) is 110 Å². The van der Waals surface area contributed by atoms with Crippen molar-refractivity contribution in [2.24, 2.45) is 0 Å².